The van der Waals surface area contributed by atoms with Crippen LogP contribution in [0.25, 0.3) is 0 Å². The van der Waals surface area contributed by atoms with E-state index < -0.39 is 11.4 Å². The maximum atomic E-state index is 12.0. The van der Waals surface area contributed by atoms with E-state index in [1.165, 1.54) is 0 Å². The van der Waals surface area contributed by atoms with Gasteiger partial charge in [0.05, 0.1) is 12.6 Å². The van der Waals surface area contributed by atoms with Crippen LogP contribution in [-0.2, 0) is 20.9 Å². The fourth-order valence-corrected chi connectivity index (χ4v) is 2.88. The lowest BCUT2D eigenvalue weighted by atomic mass is 10.3. The number of hydrogen-bond donors (Lipinski definition) is 0. The Morgan fingerprint density at radius 3 is 2.47 bits per heavy atom. The molecular weight excluding hydrogens is 214 g/mol. The average Bonchev–Trinajstić information content (AvgIpc) is 2.74. The molecule has 0 spiro atoms. The first kappa shape index (κ1) is 12.8. The van der Waals surface area contributed by atoms with Gasteiger partial charge in [0.15, 0.2) is 6.04 Å². The van der Waals surface area contributed by atoms with E-state index in [1.807, 2.05) is 27.7 Å². The Morgan fingerprint density at radius 2 is 2.07 bits per heavy atom. The van der Waals surface area contributed by atoms with Gasteiger partial charge in [0.2, 0.25) is 0 Å². The van der Waals surface area contributed by atoms with E-state index in [9.17, 15) is 9.35 Å². The molecule has 1 fully saturated rings. The fourth-order valence-electron chi connectivity index (χ4n) is 1.42. The quantitative estimate of drug-likeness (QED) is 0.416. The molecule has 0 radical (unpaired) electrons. The van der Waals surface area contributed by atoms with Crippen LogP contribution in [0.3, 0.4) is 0 Å². The van der Waals surface area contributed by atoms with Crippen molar-refractivity contribution in [3.05, 3.63) is 0 Å². The van der Waals surface area contributed by atoms with Gasteiger partial charge in [-0.05, 0) is 34.6 Å². The maximum absolute atomic E-state index is 12.0. The Hall–Kier alpha value is -0.260. The molecule has 0 bridgehead atoms. The number of ether oxygens (including phenoxy) is 1. The summed E-state index contributed by atoms with van der Waals surface area (Å²) in [5.74, 6) is -0.261. The van der Waals surface area contributed by atoms with E-state index in [-0.39, 0.29) is 22.8 Å². The van der Waals surface area contributed by atoms with Crippen molar-refractivity contribution in [2.45, 2.75) is 51.4 Å². The summed E-state index contributed by atoms with van der Waals surface area (Å²) in [6.07, 6.45) is 0. The topological polar surface area (TPSA) is 52.4 Å². The van der Waals surface area contributed by atoms with E-state index >= 15 is 0 Å². The smallest absolute Gasteiger partial charge is 0.329 e. The number of carbonyl (C=O) groups is 1. The first-order valence-electron chi connectivity index (χ1n) is 5.17. The van der Waals surface area contributed by atoms with Crippen LogP contribution in [0, 0.1) is 0 Å². The summed E-state index contributed by atoms with van der Waals surface area (Å²) in [6.45, 7) is 9.74. The molecule has 1 saturated heterocycles. The summed E-state index contributed by atoms with van der Waals surface area (Å²) in [5.41, 5.74) is 0. The van der Waals surface area contributed by atoms with Crippen LogP contribution in [0.5, 0.6) is 0 Å². The van der Waals surface area contributed by atoms with Crippen molar-refractivity contribution in [1.82, 2.24) is 4.31 Å². The number of hydrogen-bond acceptors (Lipinski definition) is 4. The number of esters is 1. The van der Waals surface area contributed by atoms with Crippen molar-refractivity contribution >= 4 is 17.3 Å². The molecule has 4 atom stereocenters. The molecule has 1 aliphatic rings. The second-order valence-corrected chi connectivity index (χ2v) is 6.80. The molecule has 5 heteroatoms. The molecule has 1 heterocycles. The van der Waals surface area contributed by atoms with Crippen LogP contribution in [0.4, 0.5) is 0 Å². The molecule has 1 aliphatic heterocycles. The highest BCUT2D eigenvalue weighted by atomic mass is 32.2. The summed E-state index contributed by atoms with van der Waals surface area (Å²) in [4.78, 5) is 11.5. The normalized spacial score (nSPS) is 32.3. The molecule has 0 aromatic rings. The SMILES string of the molecule is CCOC(=O)[C@H]1[C@@H](C)N1[S+]([O-])C(C)(C)C. The first-order valence-corrected chi connectivity index (χ1v) is 6.28. The molecule has 0 aromatic heterocycles. The number of carbonyl (C=O) groups excluding carboxylic acids is 1. The summed E-state index contributed by atoms with van der Waals surface area (Å²) >= 11 is -1.13. The van der Waals surface area contributed by atoms with E-state index in [1.54, 1.807) is 11.2 Å². The third-order valence-corrected chi connectivity index (χ3v) is 4.28. The number of rotatable bonds is 3. The Balaban J connectivity index is 2.58. The largest absolute Gasteiger partial charge is 0.597 e. The Bertz CT molecular complexity index is 252. The lowest BCUT2D eigenvalue weighted by molar-refractivity contribution is -0.143. The van der Waals surface area contributed by atoms with Crippen molar-refractivity contribution < 1.29 is 14.1 Å². The Labute approximate surface area is 94.3 Å². The van der Waals surface area contributed by atoms with Gasteiger partial charge in [-0.25, -0.2) is 0 Å². The minimum Gasteiger partial charge on any atom is -0.597 e. The van der Waals surface area contributed by atoms with Gasteiger partial charge in [0.25, 0.3) is 0 Å². The summed E-state index contributed by atoms with van der Waals surface area (Å²) in [6, 6.07) is -0.283. The van der Waals surface area contributed by atoms with Crippen molar-refractivity contribution in [3.8, 4) is 0 Å². The zero-order valence-corrected chi connectivity index (χ0v) is 10.8. The van der Waals surface area contributed by atoms with Gasteiger partial charge in [-0.2, -0.15) is 0 Å². The molecule has 0 N–H and O–H groups in total. The molecule has 88 valence electrons. The monoisotopic (exact) mass is 233 g/mol. The third-order valence-electron chi connectivity index (χ3n) is 2.29. The second kappa shape index (κ2) is 4.31. The van der Waals surface area contributed by atoms with Gasteiger partial charge in [0.1, 0.15) is 4.75 Å². The zero-order valence-electron chi connectivity index (χ0n) is 9.94. The number of nitrogens with zero attached hydrogens (tertiary/aromatic N) is 1. The molecule has 15 heavy (non-hydrogen) atoms. The highest BCUT2D eigenvalue weighted by Crippen LogP contribution is 2.37. The molecule has 4 nitrogen and oxygen atoms in total. The van der Waals surface area contributed by atoms with Crippen molar-refractivity contribution in [2.24, 2.45) is 0 Å². The van der Waals surface area contributed by atoms with Gasteiger partial charge in [-0.1, -0.05) is 0 Å². The Kier molecular flexibility index (Phi) is 3.68. The highest BCUT2D eigenvalue weighted by Gasteiger charge is 2.61. The second-order valence-electron chi connectivity index (χ2n) is 4.66. The van der Waals surface area contributed by atoms with Gasteiger partial charge in [0, 0.05) is 11.4 Å². The molecular formula is C10H19NO3S. The van der Waals surface area contributed by atoms with E-state index in [4.69, 9.17) is 4.74 Å². The molecule has 0 amide bonds. The zero-order chi connectivity index (χ0) is 11.8. The van der Waals surface area contributed by atoms with Gasteiger partial charge in [-0.15, -0.1) is 4.31 Å². The molecule has 1 rings (SSSR count). The summed E-state index contributed by atoms with van der Waals surface area (Å²) < 4.78 is 18.3. The molecule has 0 aliphatic carbocycles. The van der Waals surface area contributed by atoms with Crippen LogP contribution in [0.15, 0.2) is 0 Å². The minimum atomic E-state index is -1.13. The van der Waals surface area contributed by atoms with Crippen LogP contribution in [0.2, 0.25) is 0 Å². The van der Waals surface area contributed by atoms with Crippen LogP contribution >= 0.6 is 0 Å². The first-order chi connectivity index (χ1) is 6.80. The maximum Gasteiger partial charge on any atom is 0.329 e. The lowest BCUT2D eigenvalue weighted by Crippen LogP contribution is -2.36. The van der Waals surface area contributed by atoms with E-state index in [0.29, 0.717) is 6.61 Å². The van der Waals surface area contributed by atoms with Gasteiger partial charge >= 0.3 is 5.97 Å². The van der Waals surface area contributed by atoms with E-state index in [2.05, 4.69) is 0 Å². The van der Waals surface area contributed by atoms with Crippen LogP contribution < -0.4 is 0 Å². The summed E-state index contributed by atoms with van der Waals surface area (Å²) in [7, 11) is 0. The third kappa shape index (κ3) is 2.65. The van der Waals surface area contributed by atoms with Crippen LogP contribution in [0.1, 0.15) is 34.6 Å². The predicted molar refractivity (Wildman–Crippen MR) is 59.6 cm³/mol. The lowest BCUT2D eigenvalue weighted by Gasteiger charge is -2.24. The van der Waals surface area contributed by atoms with E-state index in [0.717, 1.165) is 0 Å². The standard InChI is InChI=1S/C10H19NO3S/c1-6-14-9(12)8-7(2)11(8)15(13)10(3,4)5/h7-8H,6H2,1-5H3/t7-,8-,11?,15?/m1/s1. The van der Waals surface area contributed by atoms with Crippen molar-refractivity contribution in [1.29, 1.82) is 0 Å². The average molecular weight is 233 g/mol. The molecule has 0 aromatic carbocycles. The van der Waals surface area contributed by atoms with Crippen molar-refractivity contribution in [2.75, 3.05) is 6.61 Å². The highest BCUT2D eigenvalue weighted by molar-refractivity contribution is 7.90. The minimum absolute atomic E-state index is 0.0316. The van der Waals surface area contributed by atoms with Crippen molar-refractivity contribution in [3.63, 3.8) is 0 Å². The van der Waals surface area contributed by atoms with Crippen LogP contribution in [-0.4, -0.2) is 38.3 Å². The fraction of sp³-hybridized carbons (Fsp3) is 0.900. The van der Waals surface area contributed by atoms with Gasteiger partial charge < -0.3 is 9.29 Å². The predicted octanol–water partition coefficient (Wildman–Crippen LogP) is 1.08. The molecule has 0 saturated carbocycles. The molecule has 2 unspecified atom stereocenters. The van der Waals surface area contributed by atoms with Gasteiger partial charge in [-0.3, -0.25) is 4.79 Å². The Morgan fingerprint density at radius 1 is 1.53 bits per heavy atom. The summed E-state index contributed by atoms with van der Waals surface area (Å²) in [5, 5.41) is 0.